The van der Waals surface area contributed by atoms with Crippen LogP contribution in [0.1, 0.15) is 27.5 Å². The Kier molecular flexibility index (Phi) is 6.16. The van der Waals surface area contributed by atoms with Crippen LogP contribution in [-0.2, 0) is 0 Å². The van der Waals surface area contributed by atoms with Gasteiger partial charge in [-0.1, -0.05) is 23.7 Å². The second-order valence-electron chi connectivity index (χ2n) is 7.96. The highest BCUT2D eigenvalue weighted by molar-refractivity contribution is 6.30. The van der Waals surface area contributed by atoms with Gasteiger partial charge < -0.3 is 20.1 Å². The van der Waals surface area contributed by atoms with Gasteiger partial charge in [-0.25, -0.2) is 4.68 Å². The van der Waals surface area contributed by atoms with E-state index in [1.165, 1.54) is 0 Å². The third-order valence-corrected chi connectivity index (χ3v) is 6.09. The number of allylic oxidation sites excluding steroid dienone is 1. The molecule has 2 heterocycles. The summed E-state index contributed by atoms with van der Waals surface area (Å²) in [4.78, 5) is 13.2. The molecule has 176 valence electrons. The van der Waals surface area contributed by atoms with Gasteiger partial charge in [0.2, 0.25) is 0 Å². The van der Waals surface area contributed by atoms with Crippen LogP contribution >= 0.6 is 11.6 Å². The van der Waals surface area contributed by atoms with Gasteiger partial charge in [-0.05, 0) is 77.9 Å². The molecule has 1 atom stereocenters. The maximum atomic E-state index is 13.2. The van der Waals surface area contributed by atoms with Crippen molar-refractivity contribution in [1.82, 2.24) is 9.78 Å². The smallest absolute Gasteiger partial charge is 0.261 e. The lowest BCUT2D eigenvalue weighted by Gasteiger charge is -2.26. The highest BCUT2D eigenvalue weighted by Crippen LogP contribution is 2.36. The number of halogens is 1. The van der Waals surface area contributed by atoms with Crippen molar-refractivity contribution in [3.05, 3.63) is 107 Å². The summed E-state index contributed by atoms with van der Waals surface area (Å²) in [6.07, 6.45) is 3.67. The summed E-state index contributed by atoms with van der Waals surface area (Å²) in [5.41, 5.74) is 3.90. The van der Waals surface area contributed by atoms with Gasteiger partial charge in [-0.3, -0.25) is 4.79 Å². The van der Waals surface area contributed by atoms with Crippen LogP contribution < -0.4 is 20.1 Å². The van der Waals surface area contributed by atoms with Gasteiger partial charge in [0.05, 0.1) is 26.5 Å². The average Bonchev–Trinajstić information content (AvgIpc) is 3.34. The number of nitrogens with zero attached hydrogens (tertiary/aromatic N) is 2. The molecule has 3 aromatic carbocycles. The summed E-state index contributed by atoms with van der Waals surface area (Å²) in [7, 11) is 3.27. The van der Waals surface area contributed by atoms with E-state index in [0.29, 0.717) is 22.1 Å². The van der Waals surface area contributed by atoms with Gasteiger partial charge in [0.25, 0.3) is 5.91 Å². The molecule has 0 saturated heterocycles. The number of benzene rings is 3. The minimum absolute atomic E-state index is 0.230. The first kappa shape index (κ1) is 22.6. The van der Waals surface area contributed by atoms with Crippen LogP contribution in [0.4, 0.5) is 11.5 Å². The Labute approximate surface area is 207 Å². The molecule has 1 aromatic heterocycles. The number of methoxy groups -OCH3 is 2. The van der Waals surface area contributed by atoms with E-state index >= 15 is 0 Å². The Morgan fingerprint density at radius 3 is 2.20 bits per heavy atom. The van der Waals surface area contributed by atoms with Crippen LogP contribution in [-0.4, -0.2) is 29.9 Å². The normalized spacial score (nSPS) is 14.4. The Morgan fingerprint density at radius 2 is 1.57 bits per heavy atom. The second-order valence-corrected chi connectivity index (χ2v) is 8.40. The largest absolute Gasteiger partial charge is 0.497 e. The maximum absolute atomic E-state index is 13.2. The van der Waals surface area contributed by atoms with Crippen LogP contribution in [0.15, 0.2) is 85.1 Å². The number of rotatable bonds is 6. The molecule has 1 aliphatic heterocycles. The summed E-state index contributed by atoms with van der Waals surface area (Å²) in [6.45, 7) is 0. The first-order chi connectivity index (χ1) is 17.1. The lowest BCUT2D eigenvalue weighted by molar-refractivity contribution is 0.102. The molecule has 4 aromatic rings. The van der Waals surface area contributed by atoms with Crippen LogP contribution in [0, 0.1) is 0 Å². The van der Waals surface area contributed by atoms with Gasteiger partial charge in [0.15, 0.2) is 0 Å². The summed E-state index contributed by atoms with van der Waals surface area (Å²) >= 11 is 5.97. The standard InChI is InChI=1S/C27H23ClN4O3/c1-34-21-11-3-17(4-12-21)24-15-25(18-5-13-22(35-2)14-6-18)32-26(31-24)23(16-29-32)27(33)30-20-9-7-19(28)8-10-20/h3-16,25,31H,1-2H3,(H,30,33)/t25-/m1/s1. The van der Waals surface area contributed by atoms with Crippen LogP contribution in [0.5, 0.6) is 11.5 Å². The molecule has 0 aliphatic carbocycles. The van der Waals surface area contributed by atoms with E-state index < -0.39 is 0 Å². The molecule has 2 N–H and O–H groups in total. The van der Waals surface area contributed by atoms with Crippen LogP contribution in [0.25, 0.3) is 5.70 Å². The first-order valence-electron chi connectivity index (χ1n) is 11.0. The van der Waals surface area contributed by atoms with Crippen LogP contribution in [0.3, 0.4) is 0 Å². The zero-order valence-electron chi connectivity index (χ0n) is 19.2. The molecular weight excluding hydrogens is 464 g/mol. The predicted molar refractivity (Wildman–Crippen MR) is 137 cm³/mol. The van der Waals surface area contributed by atoms with E-state index in [9.17, 15) is 4.79 Å². The number of aromatic nitrogens is 2. The molecule has 0 fully saturated rings. The number of fused-ring (bicyclic) bond motifs is 1. The maximum Gasteiger partial charge on any atom is 0.261 e. The Bertz CT molecular complexity index is 1380. The highest BCUT2D eigenvalue weighted by atomic mass is 35.5. The molecule has 0 spiro atoms. The monoisotopic (exact) mass is 486 g/mol. The predicted octanol–water partition coefficient (Wildman–Crippen LogP) is 5.86. The quantitative estimate of drug-likeness (QED) is 0.357. The zero-order chi connectivity index (χ0) is 24.4. The van der Waals surface area contributed by atoms with Crippen molar-refractivity contribution < 1.29 is 14.3 Å². The molecule has 0 radical (unpaired) electrons. The fourth-order valence-electron chi connectivity index (χ4n) is 3.97. The van der Waals surface area contributed by atoms with E-state index in [4.69, 9.17) is 21.1 Å². The van der Waals surface area contributed by atoms with E-state index in [-0.39, 0.29) is 11.9 Å². The van der Waals surface area contributed by atoms with Crippen molar-refractivity contribution in [2.45, 2.75) is 6.04 Å². The summed E-state index contributed by atoms with van der Waals surface area (Å²) in [5, 5.41) is 11.5. The zero-order valence-corrected chi connectivity index (χ0v) is 19.9. The molecule has 1 aliphatic rings. The number of amides is 1. The lowest BCUT2D eigenvalue weighted by Crippen LogP contribution is -2.22. The van der Waals surface area contributed by atoms with Gasteiger partial charge in [0.1, 0.15) is 22.9 Å². The van der Waals surface area contributed by atoms with Crippen molar-refractivity contribution in [2.24, 2.45) is 0 Å². The van der Waals surface area contributed by atoms with E-state index in [1.54, 1.807) is 44.7 Å². The SMILES string of the molecule is COc1ccc(C2=C[C@H](c3ccc(OC)cc3)n3ncc(C(=O)Nc4ccc(Cl)cc4)c3N2)cc1. The van der Waals surface area contributed by atoms with E-state index in [0.717, 1.165) is 28.3 Å². The first-order valence-corrected chi connectivity index (χ1v) is 11.3. The number of carbonyl (C=O) groups excluding carboxylic acids is 1. The average molecular weight is 487 g/mol. The van der Waals surface area contributed by atoms with Gasteiger partial charge in [-0.15, -0.1) is 0 Å². The molecule has 7 nitrogen and oxygen atoms in total. The van der Waals surface area contributed by atoms with Gasteiger partial charge in [0, 0.05) is 16.4 Å². The Hall–Kier alpha value is -4.23. The topological polar surface area (TPSA) is 77.4 Å². The summed E-state index contributed by atoms with van der Waals surface area (Å²) in [6, 6.07) is 22.3. The van der Waals surface area contributed by atoms with Crippen LogP contribution in [0.2, 0.25) is 5.02 Å². The molecular formula is C27H23ClN4O3. The fourth-order valence-corrected chi connectivity index (χ4v) is 4.10. The summed E-state index contributed by atoms with van der Waals surface area (Å²) < 4.78 is 12.4. The molecule has 8 heteroatoms. The van der Waals surface area contributed by atoms with Crippen molar-refractivity contribution in [3.63, 3.8) is 0 Å². The molecule has 0 saturated carbocycles. The lowest BCUT2D eigenvalue weighted by atomic mass is 10.0. The van der Waals surface area contributed by atoms with Crippen molar-refractivity contribution >= 4 is 34.7 Å². The summed E-state index contributed by atoms with van der Waals surface area (Å²) in [5.74, 6) is 1.87. The second kappa shape index (κ2) is 9.56. The van der Waals surface area contributed by atoms with Gasteiger partial charge in [-0.2, -0.15) is 5.10 Å². The molecule has 1 amide bonds. The Balaban J connectivity index is 1.53. The third-order valence-electron chi connectivity index (χ3n) is 5.84. The van der Waals surface area contributed by atoms with Crippen molar-refractivity contribution in [2.75, 3.05) is 24.9 Å². The number of hydrogen-bond donors (Lipinski definition) is 2. The number of anilines is 2. The minimum Gasteiger partial charge on any atom is -0.497 e. The van der Waals surface area contributed by atoms with Crippen molar-refractivity contribution in [1.29, 1.82) is 0 Å². The van der Waals surface area contributed by atoms with Crippen molar-refractivity contribution in [3.8, 4) is 11.5 Å². The van der Waals surface area contributed by atoms with E-state index in [1.807, 2.05) is 53.2 Å². The molecule has 0 bridgehead atoms. The minimum atomic E-state index is -0.273. The number of carbonyl (C=O) groups is 1. The molecule has 5 rings (SSSR count). The fraction of sp³-hybridized carbons (Fsp3) is 0.111. The highest BCUT2D eigenvalue weighted by Gasteiger charge is 2.28. The molecule has 0 unspecified atom stereocenters. The number of ether oxygens (including phenoxy) is 2. The van der Waals surface area contributed by atoms with Gasteiger partial charge >= 0.3 is 0 Å². The third kappa shape index (κ3) is 4.58. The Morgan fingerprint density at radius 1 is 0.943 bits per heavy atom. The van der Waals surface area contributed by atoms with E-state index in [2.05, 4.69) is 21.8 Å². The number of nitrogens with one attached hydrogen (secondary N) is 2. The number of hydrogen-bond acceptors (Lipinski definition) is 5. The molecule has 35 heavy (non-hydrogen) atoms.